The number of carbonyl (C=O) groups excluding carboxylic acids is 1. The average molecular weight is 283 g/mol. The maximum Gasteiger partial charge on any atom is 0.408 e. The third-order valence-electron chi connectivity index (χ3n) is 2.04. The Morgan fingerprint density at radius 2 is 1.89 bits per heavy atom. The SMILES string of the molecule is CCCCOC(=O)NC(C(=O)O)P(=O)(OC)OC. The van der Waals surface area contributed by atoms with E-state index in [4.69, 9.17) is 9.84 Å². The van der Waals surface area contributed by atoms with Crippen LogP contribution >= 0.6 is 7.60 Å². The Morgan fingerprint density at radius 1 is 1.33 bits per heavy atom. The van der Waals surface area contributed by atoms with Gasteiger partial charge in [-0.05, 0) is 6.42 Å². The average Bonchev–Trinajstić information content (AvgIpc) is 2.35. The molecule has 0 rings (SSSR count). The van der Waals surface area contributed by atoms with Gasteiger partial charge in [0.05, 0.1) is 6.61 Å². The molecule has 0 saturated heterocycles. The zero-order chi connectivity index (χ0) is 14.2. The standard InChI is InChI=1S/C9H18NO7P/c1-4-5-6-17-9(13)10-7(8(11)12)18(14,15-2)16-3/h7H,4-6H2,1-3H3,(H,10,13)(H,11,12). The highest BCUT2D eigenvalue weighted by atomic mass is 31.2. The second-order valence-electron chi connectivity index (χ2n) is 3.28. The van der Waals surface area contributed by atoms with E-state index in [-0.39, 0.29) is 6.61 Å². The normalized spacial score (nSPS) is 12.8. The number of rotatable bonds is 8. The molecule has 1 unspecified atom stereocenters. The summed E-state index contributed by atoms with van der Waals surface area (Å²) in [5.41, 5.74) is 0. The molecule has 1 atom stereocenters. The summed E-state index contributed by atoms with van der Waals surface area (Å²) in [5.74, 6) is -3.34. The van der Waals surface area contributed by atoms with E-state index < -0.39 is 25.4 Å². The van der Waals surface area contributed by atoms with Crippen LogP contribution in [0.25, 0.3) is 0 Å². The van der Waals surface area contributed by atoms with E-state index in [1.165, 1.54) is 0 Å². The third-order valence-corrected chi connectivity index (χ3v) is 4.05. The molecule has 8 nitrogen and oxygen atoms in total. The van der Waals surface area contributed by atoms with Crippen LogP contribution in [0.2, 0.25) is 0 Å². The van der Waals surface area contributed by atoms with Crippen LogP contribution in [0.1, 0.15) is 19.8 Å². The van der Waals surface area contributed by atoms with Gasteiger partial charge >= 0.3 is 19.7 Å². The van der Waals surface area contributed by atoms with Gasteiger partial charge in [0.1, 0.15) is 0 Å². The maximum atomic E-state index is 11.9. The molecule has 0 aromatic carbocycles. The van der Waals surface area contributed by atoms with Crippen molar-refractivity contribution in [3.05, 3.63) is 0 Å². The third kappa shape index (κ3) is 5.03. The lowest BCUT2D eigenvalue weighted by molar-refractivity contribution is -0.137. The Hall–Kier alpha value is -1.11. The second-order valence-corrected chi connectivity index (χ2v) is 5.61. The van der Waals surface area contributed by atoms with E-state index in [1.807, 2.05) is 12.2 Å². The van der Waals surface area contributed by atoms with Crippen molar-refractivity contribution in [1.29, 1.82) is 0 Å². The fourth-order valence-corrected chi connectivity index (χ4v) is 2.13. The number of carbonyl (C=O) groups is 2. The fraction of sp³-hybridized carbons (Fsp3) is 0.778. The minimum atomic E-state index is -3.95. The highest BCUT2D eigenvalue weighted by Gasteiger charge is 2.41. The van der Waals surface area contributed by atoms with Crippen molar-refractivity contribution in [1.82, 2.24) is 5.32 Å². The number of amides is 1. The van der Waals surface area contributed by atoms with Crippen LogP contribution in [0, 0.1) is 0 Å². The van der Waals surface area contributed by atoms with Crippen LogP contribution in [0.4, 0.5) is 4.79 Å². The number of unbranched alkanes of at least 4 members (excludes halogenated alkanes) is 1. The van der Waals surface area contributed by atoms with Crippen molar-refractivity contribution in [3.8, 4) is 0 Å². The molecular formula is C9H18NO7P. The minimum absolute atomic E-state index is 0.152. The first-order chi connectivity index (χ1) is 8.41. The zero-order valence-electron chi connectivity index (χ0n) is 10.5. The molecule has 0 spiro atoms. The maximum absolute atomic E-state index is 11.9. The number of alkyl carbamates (subject to hydrolysis) is 1. The Bertz CT molecular complexity index is 325. The number of carboxylic acid groups (broad SMARTS) is 1. The Labute approximate surface area is 105 Å². The number of nitrogens with one attached hydrogen (secondary N) is 1. The van der Waals surface area contributed by atoms with Crippen LogP contribution in [0.3, 0.4) is 0 Å². The number of ether oxygens (including phenoxy) is 1. The van der Waals surface area contributed by atoms with Crippen molar-refractivity contribution >= 4 is 19.7 Å². The molecule has 0 aliphatic heterocycles. The molecule has 0 bridgehead atoms. The van der Waals surface area contributed by atoms with Crippen LogP contribution in [0.15, 0.2) is 0 Å². The highest BCUT2D eigenvalue weighted by Crippen LogP contribution is 2.50. The summed E-state index contributed by atoms with van der Waals surface area (Å²) in [6, 6.07) is 0. The molecule has 0 saturated carbocycles. The summed E-state index contributed by atoms with van der Waals surface area (Å²) in [4.78, 5) is 22.2. The molecule has 2 N–H and O–H groups in total. The lowest BCUT2D eigenvalue weighted by Gasteiger charge is -2.21. The van der Waals surface area contributed by atoms with Crippen molar-refractivity contribution in [3.63, 3.8) is 0 Å². The Balaban J connectivity index is 4.59. The Kier molecular flexibility index (Phi) is 7.58. The van der Waals surface area contributed by atoms with E-state index in [0.29, 0.717) is 6.42 Å². The smallest absolute Gasteiger partial charge is 0.408 e. The molecule has 0 fully saturated rings. The van der Waals surface area contributed by atoms with E-state index in [2.05, 4.69) is 9.05 Å². The topological polar surface area (TPSA) is 111 Å². The van der Waals surface area contributed by atoms with Crippen molar-refractivity contribution < 1.29 is 33.0 Å². The lowest BCUT2D eigenvalue weighted by atomic mass is 10.4. The summed E-state index contributed by atoms with van der Waals surface area (Å²) >= 11 is 0. The van der Waals surface area contributed by atoms with Crippen LogP contribution in [0.5, 0.6) is 0 Å². The van der Waals surface area contributed by atoms with Gasteiger partial charge in [0.15, 0.2) is 0 Å². The summed E-state index contributed by atoms with van der Waals surface area (Å²) in [7, 11) is -1.89. The first kappa shape index (κ1) is 16.9. The summed E-state index contributed by atoms with van der Waals surface area (Å²) in [6.45, 7) is 2.06. The summed E-state index contributed by atoms with van der Waals surface area (Å²) in [5, 5.41) is 10.8. The number of aliphatic carboxylic acids is 1. The predicted octanol–water partition coefficient (Wildman–Crippen LogP) is 1.41. The van der Waals surface area contributed by atoms with E-state index in [9.17, 15) is 14.2 Å². The molecule has 0 radical (unpaired) electrons. The van der Waals surface area contributed by atoms with Crippen molar-refractivity contribution in [2.45, 2.75) is 25.5 Å². The zero-order valence-corrected chi connectivity index (χ0v) is 11.4. The van der Waals surface area contributed by atoms with Gasteiger partial charge in [0.2, 0.25) is 5.78 Å². The largest absolute Gasteiger partial charge is 0.479 e. The van der Waals surface area contributed by atoms with E-state index in [0.717, 1.165) is 20.6 Å². The second kappa shape index (κ2) is 8.07. The molecule has 0 aliphatic carbocycles. The molecule has 0 aromatic rings. The number of carboxylic acids is 1. The summed E-state index contributed by atoms with van der Waals surface area (Å²) in [6.07, 6.45) is 0.493. The van der Waals surface area contributed by atoms with E-state index in [1.54, 1.807) is 0 Å². The van der Waals surface area contributed by atoms with Crippen molar-refractivity contribution in [2.75, 3.05) is 20.8 Å². The minimum Gasteiger partial charge on any atom is -0.479 e. The van der Waals surface area contributed by atoms with Crippen LogP contribution < -0.4 is 5.32 Å². The van der Waals surface area contributed by atoms with Gasteiger partial charge in [-0.1, -0.05) is 13.3 Å². The molecule has 0 aliphatic rings. The summed E-state index contributed by atoms with van der Waals surface area (Å²) < 4.78 is 25.6. The van der Waals surface area contributed by atoms with E-state index >= 15 is 0 Å². The lowest BCUT2D eigenvalue weighted by Crippen LogP contribution is -2.41. The molecule has 1 amide bonds. The molecule has 0 heterocycles. The van der Waals surface area contributed by atoms with Gasteiger partial charge < -0.3 is 18.9 Å². The van der Waals surface area contributed by atoms with Gasteiger partial charge in [-0.25, -0.2) is 9.59 Å². The predicted molar refractivity (Wildman–Crippen MR) is 62.4 cm³/mol. The van der Waals surface area contributed by atoms with Gasteiger partial charge in [0.25, 0.3) is 0 Å². The van der Waals surface area contributed by atoms with Crippen LogP contribution in [-0.4, -0.2) is 43.8 Å². The van der Waals surface area contributed by atoms with Crippen molar-refractivity contribution in [2.24, 2.45) is 0 Å². The molecule has 0 aromatic heterocycles. The molecule has 9 heteroatoms. The Morgan fingerprint density at radius 3 is 2.28 bits per heavy atom. The van der Waals surface area contributed by atoms with Gasteiger partial charge in [-0.15, -0.1) is 0 Å². The van der Waals surface area contributed by atoms with Gasteiger partial charge in [0, 0.05) is 14.2 Å². The quantitative estimate of drug-likeness (QED) is 0.511. The van der Waals surface area contributed by atoms with Crippen LogP contribution in [-0.2, 0) is 23.1 Å². The monoisotopic (exact) mass is 283 g/mol. The molecule has 18 heavy (non-hydrogen) atoms. The first-order valence-electron chi connectivity index (χ1n) is 5.28. The van der Waals surface area contributed by atoms with Gasteiger partial charge in [-0.2, -0.15) is 0 Å². The highest BCUT2D eigenvalue weighted by molar-refractivity contribution is 7.55. The van der Waals surface area contributed by atoms with Gasteiger partial charge in [-0.3, -0.25) is 9.88 Å². The molecular weight excluding hydrogens is 265 g/mol. The number of hydrogen-bond acceptors (Lipinski definition) is 6. The first-order valence-corrected chi connectivity index (χ1v) is 6.89. The fourth-order valence-electron chi connectivity index (χ4n) is 1.02. The number of hydrogen-bond donors (Lipinski definition) is 2. The molecule has 106 valence electrons.